The van der Waals surface area contributed by atoms with Crippen molar-refractivity contribution < 1.29 is 12.8 Å². The molecule has 1 aromatic carbocycles. The molecule has 2 rings (SSSR count). The van der Waals surface area contributed by atoms with Gasteiger partial charge in [0.05, 0.1) is 0 Å². The number of nitrogens with one attached hydrogen (secondary N) is 1. The molecule has 0 unspecified atom stereocenters. The van der Waals surface area contributed by atoms with Gasteiger partial charge in [-0.1, -0.05) is 18.5 Å². The molecule has 0 aliphatic carbocycles. The molecule has 4 nitrogen and oxygen atoms in total. The van der Waals surface area contributed by atoms with Gasteiger partial charge in [-0.15, -0.1) is 0 Å². The standard InChI is InChI=1S/C14H20ClFN2O2S/c1-2-18(10-11-5-7-17-8-6-11)21(19,20)14-4-3-12(15)9-13(14)16/h3-4,9,11,17H,2,5-8,10H2,1H3. The molecule has 0 atom stereocenters. The summed E-state index contributed by atoms with van der Waals surface area (Å²) < 4.78 is 40.5. The molecule has 1 aliphatic heterocycles. The van der Waals surface area contributed by atoms with E-state index in [1.807, 2.05) is 0 Å². The van der Waals surface area contributed by atoms with Crippen LogP contribution in [-0.2, 0) is 10.0 Å². The van der Waals surface area contributed by atoms with Gasteiger partial charge in [-0.25, -0.2) is 12.8 Å². The van der Waals surface area contributed by atoms with Gasteiger partial charge in [0, 0.05) is 18.1 Å². The van der Waals surface area contributed by atoms with Crippen LogP contribution >= 0.6 is 11.6 Å². The van der Waals surface area contributed by atoms with Crippen molar-refractivity contribution in [1.82, 2.24) is 9.62 Å². The monoisotopic (exact) mass is 334 g/mol. The predicted molar refractivity (Wildman–Crippen MR) is 81.4 cm³/mol. The highest BCUT2D eigenvalue weighted by atomic mass is 35.5. The van der Waals surface area contributed by atoms with E-state index in [4.69, 9.17) is 11.6 Å². The third-order valence-corrected chi connectivity index (χ3v) is 5.99. The van der Waals surface area contributed by atoms with Crippen molar-refractivity contribution >= 4 is 21.6 Å². The number of nitrogens with zero attached hydrogens (tertiary/aromatic N) is 1. The third kappa shape index (κ3) is 3.94. The molecule has 1 aromatic rings. The summed E-state index contributed by atoms with van der Waals surface area (Å²) in [6.45, 7) is 4.33. The van der Waals surface area contributed by atoms with Crippen LogP contribution in [0.2, 0.25) is 5.02 Å². The van der Waals surface area contributed by atoms with Crippen molar-refractivity contribution in [3.63, 3.8) is 0 Å². The zero-order valence-corrected chi connectivity index (χ0v) is 13.6. The largest absolute Gasteiger partial charge is 0.317 e. The van der Waals surface area contributed by atoms with Crippen molar-refractivity contribution in [3.05, 3.63) is 29.0 Å². The van der Waals surface area contributed by atoms with Crippen LogP contribution in [0.5, 0.6) is 0 Å². The average molecular weight is 335 g/mol. The summed E-state index contributed by atoms with van der Waals surface area (Å²) in [7, 11) is -3.82. The van der Waals surface area contributed by atoms with Crippen LogP contribution in [-0.4, -0.2) is 38.9 Å². The normalized spacial score (nSPS) is 17.3. The minimum atomic E-state index is -3.82. The number of sulfonamides is 1. The van der Waals surface area contributed by atoms with Gasteiger partial charge in [-0.05, 0) is 50.0 Å². The molecular formula is C14H20ClFN2O2S. The van der Waals surface area contributed by atoms with Crippen LogP contribution in [0, 0.1) is 11.7 Å². The highest BCUT2D eigenvalue weighted by molar-refractivity contribution is 7.89. The van der Waals surface area contributed by atoms with Crippen molar-refractivity contribution in [2.24, 2.45) is 5.92 Å². The van der Waals surface area contributed by atoms with Crippen LogP contribution in [0.3, 0.4) is 0 Å². The minimum Gasteiger partial charge on any atom is -0.317 e. The van der Waals surface area contributed by atoms with E-state index < -0.39 is 15.8 Å². The molecular weight excluding hydrogens is 315 g/mol. The summed E-state index contributed by atoms with van der Waals surface area (Å²) >= 11 is 5.68. The Morgan fingerprint density at radius 3 is 2.62 bits per heavy atom. The van der Waals surface area contributed by atoms with Gasteiger partial charge in [-0.2, -0.15) is 4.31 Å². The van der Waals surface area contributed by atoms with E-state index in [0.29, 0.717) is 19.0 Å². The predicted octanol–water partition coefficient (Wildman–Crippen LogP) is 2.49. The molecule has 21 heavy (non-hydrogen) atoms. The zero-order valence-electron chi connectivity index (χ0n) is 12.0. The molecule has 1 aliphatic rings. The highest BCUT2D eigenvalue weighted by Gasteiger charge is 2.29. The van der Waals surface area contributed by atoms with Crippen molar-refractivity contribution in [3.8, 4) is 0 Å². The van der Waals surface area contributed by atoms with Gasteiger partial charge in [0.15, 0.2) is 0 Å². The van der Waals surface area contributed by atoms with Crippen molar-refractivity contribution in [2.45, 2.75) is 24.7 Å². The first-order valence-corrected chi connectivity index (χ1v) is 8.93. The van der Waals surface area contributed by atoms with Gasteiger partial charge < -0.3 is 5.32 Å². The van der Waals surface area contributed by atoms with Crippen molar-refractivity contribution in [2.75, 3.05) is 26.2 Å². The molecule has 0 saturated carbocycles. The Balaban J connectivity index is 2.22. The molecule has 0 amide bonds. The molecule has 7 heteroatoms. The quantitative estimate of drug-likeness (QED) is 0.900. The maximum atomic E-state index is 13.9. The molecule has 0 spiro atoms. The van der Waals surface area contributed by atoms with E-state index in [1.54, 1.807) is 6.92 Å². The van der Waals surface area contributed by atoms with E-state index >= 15 is 0 Å². The fourth-order valence-corrected chi connectivity index (χ4v) is 4.30. The van der Waals surface area contributed by atoms with Crippen LogP contribution < -0.4 is 5.32 Å². The van der Waals surface area contributed by atoms with Gasteiger partial charge in [0.1, 0.15) is 10.7 Å². The number of benzene rings is 1. The van der Waals surface area contributed by atoms with E-state index in [1.165, 1.54) is 16.4 Å². The van der Waals surface area contributed by atoms with Crippen LogP contribution in [0.4, 0.5) is 4.39 Å². The topological polar surface area (TPSA) is 49.4 Å². The Labute approximate surface area is 130 Å². The second-order valence-corrected chi connectivity index (χ2v) is 7.57. The summed E-state index contributed by atoms with van der Waals surface area (Å²) in [4.78, 5) is -0.303. The van der Waals surface area contributed by atoms with Crippen LogP contribution in [0.1, 0.15) is 19.8 Å². The molecule has 0 radical (unpaired) electrons. The smallest absolute Gasteiger partial charge is 0.245 e. The van der Waals surface area contributed by atoms with E-state index in [0.717, 1.165) is 32.0 Å². The molecule has 1 N–H and O–H groups in total. The molecule has 1 saturated heterocycles. The number of hydrogen-bond acceptors (Lipinski definition) is 3. The lowest BCUT2D eigenvalue weighted by Gasteiger charge is -2.28. The van der Waals surface area contributed by atoms with Gasteiger partial charge >= 0.3 is 0 Å². The molecule has 1 fully saturated rings. The lowest BCUT2D eigenvalue weighted by atomic mass is 9.98. The fraction of sp³-hybridized carbons (Fsp3) is 0.571. The Kier molecular flexibility index (Phi) is 5.60. The van der Waals surface area contributed by atoms with E-state index in [-0.39, 0.29) is 9.92 Å². The van der Waals surface area contributed by atoms with Gasteiger partial charge in [0.2, 0.25) is 10.0 Å². The average Bonchev–Trinajstić information content (AvgIpc) is 2.45. The summed E-state index contributed by atoms with van der Waals surface area (Å²) in [5.41, 5.74) is 0. The summed E-state index contributed by atoms with van der Waals surface area (Å²) in [6, 6.07) is 3.67. The Bertz CT molecular complexity index is 589. The first-order chi connectivity index (χ1) is 9.95. The zero-order chi connectivity index (χ0) is 15.5. The maximum Gasteiger partial charge on any atom is 0.245 e. The Morgan fingerprint density at radius 2 is 2.05 bits per heavy atom. The maximum absolute atomic E-state index is 13.9. The number of halogens is 2. The van der Waals surface area contributed by atoms with Gasteiger partial charge in [-0.3, -0.25) is 0 Å². The van der Waals surface area contributed by atoms with Crippen LogP contribution in [0.25, 0.3) is 0 Å². The number of piperidine rings is 1. The summed E-state index contributed by atoms with van der Waals surface area (Å²) in [5, 5.41) is 3.44. The second-order valence-electron chi connectivity index (χ2n) is 5.22. The Hall–Kier alpha value is -0.690. The number of hydrogen-bond donors (Lipinski definition) is 1. The molecule has 1 heterocycles. The molecule has 118 valence electrons. The minimum absolute atomic E-state index is 0.188. The highest BCUT2D eigenvalue weighted by Crippen LogP contribution is 2.24. The molecule has 0 aromatic heterocycles. The summed E-state index contributed by atoms with van der Waals surface area (Å²) in [6.07, 6.45) is 1.88. The first-order valence-electron chi connectivity index (χ1n) is 7.11. The van der Waals surface area contributed by atoms with Crippen molar-refractivity contribution in [1.29, 1.82) is 0 Å². The van der Waals surface area contributed by atoms with E-state index in [9.17, 15) is 12.8 Å². The lowest BCUT2D eigenvalue weighted by molar-refractivity contribution is 0.293. The number of rotatable bonds is 5. The second kappa shape index (κ2) is 7.05. The molecule has 0 bridgehead atoms. The SMILES string of the molecule is CCN(CC1CCNCC1)S(=O)(=O)c1ccc(Cl)cc1F. The lowest BCUT2D eigenvalue weighted by Crippen LogP contribution is -2.39. The fourth-order valence-electron chi connectivity index (χ4n) is 2.57. The van der Waals surface area contributed by atoms with Gasteiger partial charge in [0.25, 0.3) is 0 Å². The van der Waals surface area contributed by atoms with Crippen LogP contribution in [0.15, 0.2) is 23.1 Å². The van der Waals surface area contributed by atoms with E-state index in [2.05, 4.69) is 5.32 Å². The summed E-state index contributed by atoms with van der Waals surface area (Å²) in [5.74, 6) is -0.484. The third-order valence-electron chi connectivity index (χ3n) is 3.79. The first kappa shape index (κ1) is 16.7. The Morgan fingerprint density at radius 1 is 1.38 bits per heavy atom.